The quantitative estimate of drug-likeness (QED) is 0.671. The highest BCUT2D eigenvalue weighted by Crippen LogP contribution is 2.25. The Kier molecular flexibility index (Phi) is 5.89. The zero-order valence-corrected chi connectivity index (χ0v) is 16.5. The molecule has 0 unspecified atom stereocenters. The van der Waals surface area contributed by atoms with Crippen LogP contribution in [0.2, 0.25) is 0 Å². The molecule has 6 heteroatoms. The van der Waals surface area contributed by atoms with E-state index in [1.54, 1.807) is 43.2 Å². The van der Waals surface area contributed by atoms with Crippen LogP contribution >= 0.6 is 0 Å². The van der Waals surface area contributed by atoms with Gasteiger partial charge in [-0.1, -0.05) is 0 Å². The molecular weight excluding hydrogens is 356 g/mol. The number of ether oxygens (including phenoxy) is 3. The summed E-state index contributed by atoms with van der Waals surface area (Å²) < 4.78 is 18.2. The second kappa shape index (κ2) is 8.52. The first-order chi connectivity index (χ1) is 13.5. The third kappa shape index (κ3) is 4.28. The van der Waals surface area contributed by atoms with Crippen molar-refractivity contribution in [2.45, 2.75) is 20.5 Å². The number of methoxy groups -OCH3 is 2. The van der Waals surface area contributed by atoms with Crippen molar-refractivity contribution in [1.82, 2.24) is 4.68 Å². The highest BCUT2D eigenvalue weighted by molar-refractivity contribution is 6.00. The van der Waals surface area contributed by atoms with Crippen LogP contribution in [0.3, 0.4) is 0 Å². The van der Waals surface area contributed by atoms with Gasteiger partial charge in [0.25, 0.3) is 5.91 Å². The van der Waals surface area contributed by atoms with E-state index in [0.29, 0.717) is 17.9 Å². The number of nitrogens with zero attached hydrogens (tertiary/aromatic N) is 1. The number of amides is 1. The van der Waals surface area contributed by atoms with Gasteiger partial charge >= 0.3 is 0 Å². The number of carbonyl (C=O) groups is 1. The Morgan fingerprint density at radius 3 is 2.14 bits per heavy atom. The van der Waals surface area contributed by atoms with E-state index in [1.165, 1.54) is 0 Å². The second-order valence-electron chi connectivity index (χ2n) is 6.38. The predicted octanol–water partition coefficient (Wildman–Crippen LogP) is 4.09. The van der Waals surface area contributed by atoms with Gasteiger partial charge in [-0.15, -0.1) is 0 Å². The predicted molar refractivity (Wildman–Crippen MR) is 108 cm³/mol. The van der Waals surface area contributed by atoms with Gasteiger partial charge in [0.05, 0.1) is 14.2 Å². The van der Waals surface area contributed by atoms with Gasteiger partial charge in [-0.3, -0.25) is 14.9 Å². The smallest absolute Gasteiger partial charge is 0.270 e. The van der Waals surface area contributed by atoms with Crippen molar-refractivity contribution in [2.24, 2.45) is 0 Å². The summed E-state index contributed by atoms with van der Waals surface area (Å²) in [4.78, 5) is 12.5. The van der Waals surface area contributed by atoms with Crippen molar-refractivity contribution < 1.29 is 19.0 Å². The molecule has 0 radical (unpaired) electrons. The fourth-order valence-corrected chi connectivity index (χ4v) is 2.87. The largest absolute Gasteiger partial charge is 0.497 e. The van der Waals surface area contributed by atoms with E-state index in [4.69, 9.17) is 14.2 Å². The first kappa shape index (κ1) is 19.4. The Morgan fingerprint density at radius 1 is 0.893 bits per heavy atom. The SMILES string of the molecule is COc1ccc(OC)c(COc2ccc(C(=O)Nn3c(C)ccc3C)cc2)c1. The lowest BCUT2D eigenvalue weighted by Crippen LogP contribution is -2.24. The van der Waals surface area contributed by atoms with Crippen LogP contribution in [0.1, 0.15) is 27.3 Å². The van der Waals surface area contributed by atoms with Crippen molar-refractivity contribution >= 4 is 5.91 Å². The summed E-state index contributed by atoms with van der Waals surface area (Å²) in [5.74, 6) is 1.95. The zero-order valence-electron chi connectivity index (χ0n) is 16.5. The van der Waals surface area contributed by atoms with Gasteiger partial charge in [0, 0.05) is 22.5 Å². The summed E-state index contributed by atoms with van der Waals surface area (Å²) in [6.45, 7) is 4.21. The first-order valence-electron chi connectivity index (χ1n) is 8.92. The van der Waals surface area contributed by atoms with Gasteiger partial charge in [0.2, 0.25) is 0 Å². The molecule has 0 atom stereocenters. The van der Waals surface area contributed by atoms with Crippen LogP contribution < -0.4 is 19.6 Å². The van der Waals surface area contributed by atoms with Gasteiger partial charge in [-0.2, -0.15) is 0 Å². The topological polar surface area (TPSA) is 61.7 Å². The van der Waals surface area contributed by atoms with E-state index < -0.39 is 0 Å². The average Bonchev–Trinajstić information content (AvgIpc) is 3.04. The monoisotopic (exact) mass is 380 g/mol. The molecule has 1 heterocycles. The number of hydrogen-bond acceptors (Lipinski definition) is 4. The molecule has 0 spiro atoms. The Hall–Kier alpha value is -3.41. The average molecular weight is 380 g/mol. The molecule has 3 aromatic rings. The normalized spacial score (nSPS) is 10.4. The summed E-state index contributed by atoms with van der Waals surface area (Å²) in [5.41, 5.74) is 6.26. The summed E-state index contributed by atoms with van der Waals surface area (Å²) >= 11 is 0. The Labute approximate surface area is 164 Å². The number of nitrogens with one attached hydrogen (secondary N) is 1. The highest BCUT2D eigenvalue weighted by atomic mass is 16.5. The van der Waals surface area contributed by atoms with E-state index >= 15 is 0 Å². The van der Waals surface area contributed by atoms with Gasteiger partial charge in [-0.25, -0.2) is 0 Å². The summed E-state index contributed by atoms with van der Waals surface area (Å²) in [6.07, 6.45) is 0. The fourth-order valence-electron chi connectivity index (χ4n) is 2.87. The molecule has 6 nitrogen and oxygen atoms in total. The van der Waals surface area contributed by atoms with Crippen molar-refractivity contribution in [3.05, 3.63) is 77.1 Å². The maximum atomic E-state index is 12.5. The molecule has 3 rings (SSSR count). The van der Waals surface area contributed by atoms with Crippen LogP contribution in [-0.4, -0.2) is 24.8 Å². The molecule has 1 N–H and O–H groups in total. The number of aryl methyl sites for hydroxylation is 2. The molecule has 0 aliphatic carbocycles. The van der Waals surface area contributed by atoms with Crippen LogP contribution in [0.4, 0.5) is 0 Å². The zero-order chi connectivity index (χ0) is 20.1. The summed E-state index contributed by atoms with van der Waals surface area (Å²) in [5, 5.41) is 0. The Morgan fingerprint density at radius 2 is 1.54 bits per heavy atom. The van der Waals surface area contributed by atoms with Gasteiger partial charge in [-0.05, 0) is 68.4 Å². The highest BCUT2D eigenvalue weighted by Gasteiger charge is 2.10. The van der Waals surface area contributed by atoms with Crippen LogP contribution in [-0.2, 0) is 6.61 Å². The maximum Gasteiger partial charge on any atom is 0.270 e. The van der Waals surface area contributed by atoms with Crippen molar-refractivity contribution in [3.63, 3.8) is 0 Å². The van der Waals surface area contributed by atoms with Crippen molar-refractivity contribution in [3.8, 4) is 17.2 Å². The fraction of sp³-hybridized carbons (Fsp3) is 0.227. The van der Waals surface area contributed by atoms with Gasteiger partial charge in [0.15, 0.2) is 0 Å². The minimum Gasteiger partial charge on any atom is -0.497 e. The lowest BCUT2D eigenvalue weighted by molar-refractivity contribution is 0.101. The van der Waals surface area contributed by atoms with E-state index in [9.17, 15) is 4.79 Å². The Balaban J connectivity index is 1.66. The van der Waals surface area contributed by atoms with Crippen LogP contribution in [0.5, 0.6) is 17.2 Å². The van der Waals surface area contributed by atoms with Crippen molar-refractivity contribution in [1.29, 1.82) is 0 Å². The summed E-state index contributed by atoms with van der Waals surface area (Å²) in [6, 6.07) is 16.5. The Bertz CT molecular complexity index is 942. The lowest BCUT2D eigenvalue weighted by atomic mass is 10.2. The molecule has 28 heavy (non-hydrogen) atoms. The second-order valence-corrected chi connectivity index (χ2v) is 6.38. The minimum absolute atomic E-state index is 0.177. The number of carbonyl (C=O) groups excluding carboxylic acids is 1. The summed E-state index contributed by atoms with van der Waals surface area (Å²) in [7, 11) is 3.24. The molecule has 0 saturated heterocycles. The molecule has 1 aromatic heterocycles. The van der Waals surface area contributed by atoms with E-state index in [2.05, 4.69) is 5.43 Å². The molecule has 146 valence electrons. The molecule has 0 saturated carbocycles. The molecule has 0 fully saturated rings. The molecule has 0 bridgehead atoms. The van der Waals surface area contributed by atoms with Crippen molar-refractivity contribution in [2.75, 3.05) is 19.6 Å². The molecular formula is C22H24N2O4. The molecule has 2 aromatic carbocycles. The molecule has 0 aliphatic heterocycles. The molecule has 1 amide bonds. The number of rotatable bonds is 7. The molecule has 0 aliphatic rings. The van der Waals surface area contributed by atoms with Gasteiger partial charge in [0.1, 0.15) is 23.9 Å². The third-order valence-electron chi connectivity index (χ3n) is 4.48. The number of hydrogen-bond donors (Lipinski definition) is 1. The van der Waals surface area contributed by atoms with Crippen LogP contribution in [0.25, 0.3) is 0 Å². The maximum absolute atomic E-state index is 12.5. The standard InChI is InChI=1S/C22H24N2O4/c1-15-5-6-16(2)24(15)23-22(25)17-7-9-19(10-8-17)28-14-18-13-20(26-3)11-12-21(18)27-4/h5-13H,14H2,1-4H3,(H,23,25). The number of aromatic nitrogens is 1. The van der Waals surface area contributed by atoms with Crippen LogP contribution in [0, 0.1) is 13.8 Å². The van der Waals surface area contributed by atoms with Crippen LogP contribution in [0.15, 0.2) is 54.6 Å². The first-order valence-corrected chi connectivity index (χ1v) is 8.92. The lowest BCUT2D eigenvalue weighted by Gasteiger charge is -2.13. The third-order valence-corrected chi connectivity index (χ3v) is 4.48. The number of benzene rings is 2. The van der Waals surface area contributed by atoms with E-state index in [1.807, 2.05) is 44.2 Å². The van der Waals surface area contributed by atoms with E-state index in [0.717, 1.165) is 28.5 Å². The van der Waals surface area contributed by atoms with E-state index in [-0.39, 0.29) is 5.91 Å². The van der Waals surface area contributed by atoms with Gasteiger partial charge < -0.3 is 14.2 Å². The minimum atomic E-state index is -0.177.